The fourth-order valence-electron chi connectivity index (χ4n) is 4.06. The Bertz CT molecular complexity index is 1130. The normalized spacial score (nSPS) is 14.8. The predicted molar refractivity (Wildman–Crippen MR) is 99.5 cm³/mol. The SMILES string of the molecule is CC=c1ccc2c(c1C1=C(CCCO)C=CC1)[C]([Zr+2])=c1ccccc1=2.[Cl-].[Cl-]. The molecule has 0 fully saturated rings. The van der Waals surface area contributed by atoms with E-state index in [0.29, 0.717) is 0 Å². The minimum atomic E-state index is 0. The predicted octanol–water partition coefficient (Wildman–Crippen LogP) is -2.72. The van der Waals surface area contributed by atoms with Gasteiger partial charge in [0.05, 0.1) is 0 Å². The van der Waals surface area contributed by atoms with E-state index in [1.165, 1.54) is 71.1 Å². The summed E-state index contributed by atoms with van der Waals surface area (Å²) in [5.41, 5.74) is 5.70. The van der Waals surface area contributed by atoms with Crippen LogP contribution in [0, 0.1) is 10.4 Å². The molecule has 2 aliphatic rings. The van der Waals surface area contributed by atoms with Crippen molar-refractivity contribution in [1.82, 2.24) is 0 Å². The van der Waals surface area contributed by atoms with Gasteiger partial charge in [0.25, 0.3) is 0 Å². The molecule has 0 saturated carbocycles. The van der Waals surface area contributed by atoms with Crippen molar-refractivity contribution in [3.8, 4) is 0 Å². The van der Waals surface area contributed by atoms with Gasteiger partial charge in [-0.05, 0) is 0 Å². The number of hydrogen-bond donors (Lipinski definition) is 1. The summed E-state index contributed by atoms with van der Waals surface area (Å²) in [5, 5.41) is 14.7. The summed E-state index contributed by atoms with van der Waals surface area (Å²) in [6.45, 7) is 2.39. The second-order valence-electron chi connectivity index (χ2n) is 6.60. The van der Waals surface area contributed by atoms with Crippen LogP contribution in [0.3, 0.4) is 0 Å². The second-order valence-corrected chi connectivity index (χ2v) is 7.83. The maximum atomic E-state index is 9.25. The molecule has 2 aliphatic carbocycles. The maximum Gasteiger partial charge on any atom is -1.00 e. The van der Waals surface area contributed by atoms with Gasteiger partial charge in [-0.25, -0.2) is 0 Å². The molecule has 0 amide bonds. The van der Waals surface area contributed by atoms with E-state index < -0.39 is 0 Å². The van der Waals surface area contributed by atoms with E-state index in [4.69, 9.17) is 0 Å². The molecule has 0 atom stereocenters. The molecule has 1 nitrogen and oxygen atoms in total. The summed E-state index contributed by atoms with van der Waals surface area (Å²) in [6, 6.07) is 13.4. The molecule has 0 aliphatic heterocycles. The number of aliphatic hydroxyl groups excluding tert-OH is 1. The third-order valence-corrected chi connectivity index (χ3v) is 6.50. The number of rotatable bonds is 4. The first-order chi connectivity index (χ1) is 12.3. The van der Waals surface area contributed by atoms with Crippen LogP contribution >= 0.6 is 0 Å². The van der Waals surface area contributed by atoms with Crippen LogP contribution in [0.15, 0.2) is 54.1 Å². The summed E-state index contributed by atoms with van der Waals surface area (Å²) >= 11 is 1.47. The van der Waals surface area contributed by atoms with Crippen LogP contribution in [0.1, 0.15) is 37.3 Å². The first-order valence-corrected chi connectivity index (χ1v) is 10.1. The molecule has 0 heterocycles. The van der Waals surface area contributed by atoms with Crippen molar-refractivity contribution < 1.29 is 54.6 Å². The van der Waals surface area contributed by atoms with Crippen molar-refractivity contribution in [2.45, 2.75) is 26.2 Å². The molecule has 0 unspecified atom stereocenters. The Kier molecular flexibility index (Phi) is 7.89. The van der Waals surface area contributed by atoms with Crippen LogP contribution < -0.4 is 35.3 Å². The summed E-state index contributed by atoms with van der Waals surface area (Å²) in [4.78, 5) is 0. The van der Waals surface area contributed by atoms with Gasteiger partial charge < -0.3 is 24.8 Å². The van der Waals surface area contributed by atoms with E-state index >= 15 is 0 Å². The molecule has 0 spiro atoms. The Morgan fingerprint density at radius 1 is 1.00 bits per heavy atom. The molecule has 2 aromatic rings. The van der Waals surface area contributed by atoms with Crippen molar-refractivity contribution in [2.75, 3.05) is 6.61 Å². The largest absolute Gasteiger partial charge is 1.00 e. The van der Waals surface area contributed by atoms with E-state index in [9.17, 15) is 5.11 Å². The van der Waals surface area contributed by atoms with Crippen LogP contribution in [0.2, 0.25) is 0 Å². The van der Waals surface area contributed by atoms with Crippen molar-refractivity contribution in [3.63, 3.8) is 0 Å². The van der Waals surface area contributed by atoms with E-state index in [0.717, 1.165) is 19.3 Å². The van der Waals surface area contributed by atoms with Gasteiger partial charge in [0.15, 0.2) is 0 Å². The maximum absolute atomic E-state index is 9.25. The third-order valence-electron chi connectivity index (χ3n) is 5.22. The molecule has 0 saturated heterocycles. The Morgan fingerprint density at radius 2 is 1.74 bits per heavy atom. The number of fused-ring (bicyclic) bond motifs is 2. The topological polar surface area (TPSA) is 20.2 Å². The molecule has 0 bridgehead atoms. The van der Waals surface area contributed by atoms with Crippen molar-refractivity contribution in [2.24, 2.45) is 0 Å². The fraction of sp³-hybridized carbons (Fsp3) is 0.217. The van der Waals surface area contributed by atoms with Crippen molar-refractivity contribution >= 4 is 14.9 Å². The Morgan fingerprint density at radius 3 is 2.44 bits per heavy atom. The van der Waals surface area contributed by atoms with Crippen LogP contribution in [0.25, 0.3) is 14.9 Å². The average Bonchev–Trinajstić information content (AvgIpc) is 3.23. The molecule has 4 rings (SSSR count). The zero-order valence-corrected chi connectivity index (χ0v) is 19.2. The van der Waals surface area contributed by atoms with Crippen molar-refractivity contribution in [3.05, 3.63) is 86.1 Å². The summed E-state index contributed by atoms with van der Waals surface area (Å²) in [7, 11) is 0. The minimum absolute atomic E-state index is 0. The van der Waals surface area contributed by atoms with Gasteiger partial charge in [0, 0.05) is 0 Å². The number of benzene rings is 2. The van der Waals surface area contributed by atoms with E-state index in [2.05, 4.69) is 61.5 Å². The molecule has 0 aromatic heterocycles. The zero-order chi connectivity index (χ0) is 17.4. The second kappa shape index (κ2) is 9.52. The zero-order valence-electron chi connectivity index (χ0n) is 15.2. The first-order valence-electron chi connectivity index (χ1n) is 8.91. The summed E-state index contributed by atoms with van der Waals surface area (Å²) < 4.78 is 1.47. The molecule has 137 valence electrons. The monoisotopic (exact) mass is 473 g/mol. The third kappa shape index (κ3) is 3.83. The van der Waals surface area contributed by atoms with Crippen LogP contribution in [0.5, 0.6) is 0 Å². The standard InChI is InChI=1S/C23H21O.2ClH.Zr/c1-2-16-12-13-21-19-10-4-3-7-18(19)15-22(21)23(16)20-11-5-8-17(20)9-6-14-24;;;/h2-5,7-8,10,12-13,24H,6,9,11,14H2,1H3;2*1H;/q;;;+2/p-2. The molecular formula is C23H21Cl2OZr. The molecule has 4 heteroatoms. The molecule has 0 radical (unpaired) electrons. The Labute approximate surface area is 187 Å². The van der Waals surface area contributed by atoms with Gasteiger partial charge in [-0.15, -0.1) is 0 Å². The van der Waals surface area contributed by atoms with Crippen molar-refractivity contribution in [1.29, 1.82) is 0 Å². The average molecular weight is 476 g/mol. The van der Waals surface area contributed by atoms with Crippen LogP contribution in [-0.4, -0.2) is 11.7 Å². The van der Waals surface area contributed by atoms with Gasteiger partial charge >= 0.3 is 164 Å². The van der Waals surface area contributed by atoms with E-state index in [1.54, 1.807) is 0 Å². The Balaban J connectivity index is 0.00000131. The van der Waals surface area contributed by atoms with Gasteiger partial charge in [-0.3, -0.25) is 0 Å². The van der Waals surface area contributed by atoms with Gasteiger partial charge in [-0.1, -0.05) is 0 Å². The Hall–Kier alpha value is -0.917. The van der Waals surface area contributed by atoms with Gasteiger partial charge in [0.2, 0.25) is 0 Å². The van der Waals surface area contributed by atoms with Gasteiger partial charge in [0.1, 0.15) is 0 Å². The molecule has 2 aromatic carbocycles. The fourth-order valence-corrected chi connectivity index (χ4v) is 5.23. The number of hydrogen-bond acceptors (Lipinski definition) is 1. The van der Waals surface area contributed by atoms with Crippen LogP contribution in [-0.2, 0) is 24.7 Å². The molecule has 1 N–H and O–H groups in total. The number of allylic oxidation sites excluding steroid dienone is 4. The summed E-state index contributed by atoms with van der Waals surface area (Å²) in [5.74, 6) is 0. The quantitative estimate of drug-likeness (QED) is 0.510. The summed E-state index contributed by atoms with van der Waals surface area (Å²) in [6.07, 6.45) is 9.54. The van der Waals surface area contributed by atoms with Gasteiger partial charge in [-0.2, -0.15) is 0 Å². The smallest absolute Gasteiger partial charge is 1.00 e. The number of aliphatic hydroxyl groups is 1. The molecular weight excluding hydrogens is 454 g/mol. The number of halogens is 2. The van der Waals surface area contributed by atoms with E-state index in [-0.39, 0.29) is 31.4 Å². The first kappa shape index (κ1) is 22.4. The molecule has 27 heavy (non-hydrogen) atoms. The van der Waals surface area contributed by atoms with Crippen LogP contribution in [0.4, 0.5) is 0 Å². The minimum Gasteiger partial charge on any atom is -1.00 e. The van der Waals surface area contributed by atoms with E-state index in [1.807, 2.05) is 0 Å².